The van der Waals surface area contributed by atoms with Gasteiger partial charge in [0.25, 0.3) is 0 Å². The van der Waals surface area contributed by atoms with Crippen molar-refractivity contribution >= 4 is 17.5 Å². The molecule has 0 saturated carbocycles. The number of aromatic nitrogens is 3. The average molecular weight is 363 g/mol. The van der Waals surface area contributed by atoms with Crippen LogP contribution in [0.4, 0.5) is 17.5 Å². The lowest BCUT2D eigenvalue weighted by Gasteiger charge is -2.19. The molecule has 2 heterocycles. The summed E-state index contributed by atoms with van der Waals surface area (Å²) in [5.41, 5.74) is 3.80. The summed E-state index contributed by atoms with van der Waals surface area (Å²) in [4.78, 5) is 13.3. The number of aliphatic hydroxyl groups is 1. The van der Waals surface area contributed by atoms with Gasteiger partial charge in [-0.15, -0.1) is 0 Å². The fraction of sp³-hybridized carbons (Fsp3) is 0.286. The first-order chi connectivity index (χ1) is 13.0. The Labute approximate surface area is 159 Å². The van der Waals surface area contributed by atoms with Crippen molar-refractivity contribution in [1.82, 2.24) is 15.0 Å². The number of nitrogens with zero attached hydrogens (tertiary/aromatic N) is 3. The summed E-state index contributed by atoms with van der Waals surface area (Å²) in [6, 6.07) is 15.9. The molecule has 2 aromatic heterocycles. The van der Waals surface area contributed by atoms with E-state index in [9.17, 15) is 0 Å². The van der Waals surface area contributed by atoms with Gasteiger partial charge in [-0.1, -0.05) is 39.0 Å². The van der Waals surface area contributed by atoms with Gasteiger partial charge in [-0.05, 0) is 35.2 Å². The van der Waals surface area contributed by atoms with E-state index in [1.807, 2.05) is 36.4 Å². The standard InChI is InChI=1S/C21H25N5O/c1-21(2,3)15-7-9-16(10-8-15)24-19-14-18(17-6-4-5-11-22-17)25-20(26-19)23-12-13-27/h4-11,14,27H,12-13H2,1-3H3,(H2,23,24,25,26). The molecule has 6 heteroatoms. The fourth-order valence-corrected chi connectivity index (χ4v) is 2.60. The highest BCUT2D eigenvalue weighted by Gasteiger charge is 2.13. The molecule has 27 heavy (non-hydrogen) atoms. The number of hydrogen-bond donors (Lipinski definition) is 3. The van der Waals surface area contributed by atoms with E-state index in [2.05, 4.69) is 58.5 Å². The van der Waals surface area contributed by atoms with Gasteiger partial charge in [0.1, 0.15) is 5.82 Å². The molecule has 0 fully saturated rings. The van der Waals surface area contributed by atoms with Crippen LogP contribution in [0.1, 0.15) is 26.3 Å². The normalized spacial score (nSPS) is 11.3. The summed E-state index contributed by atoms with van der Waals surface area (Å²) in [6.45, 7) is 6.97. The molecule has 0 radical (unpaired) electrons. The van der Waals surface area contributed by atoms with Crippen LogP contribution in [-0.2, 0) is 5.41 Å². The fourth-order valence-electron chi connectivity index (χ4n) is 2.60. The molecule has 3 rings (SSSR count). The summed E-state index contributed by atoms with van der Waals surface area (Å²) in [5, 5.41) is 15.4. The molecule has 3 N–H and O–H groups in total. The second-order valence-corrected chi connectivity index (χ2v) is 7.28. The van der Waals surface area contributed by atoms with Crippen LogP contribution in [0.5, 0.6) is 0 Å². The van der Waals surface area contributed by atoms with E-state index in [1.165, 1.54) is 5.56 Å². The van der Waals surface area contributed by atoms with Crippen molar-refractivity contribution in [2.45, 2.75) is 26.2 Å². The number of pyridine rings is 1. The van der Waals surface area contributed by atoms with Gasteiger partial charge in [-0.3, -0.25) is 4.98 Å². The third kappa shape index (κ3) is 5.01. The Hall–Kier alpha value is -2.99. The number of aliphatic hydroxyl groups excluding tert-OH is 1. The first-order valence-electron chi connectivity index (χ1n) is 8.98. The summed E-state index contributed by atoms with van der Waals surface area (Å²) in [7, 11) is 0. The van der Waals surface area contributed by atoms with Crippen LogP contribution in [0, 0.1) is 0 Å². The van der Waals surface area contributed by atoms with Crippen LogP contribution >= 0.6 is 0 Å². The number of rotatable bonds is 6. The van der Waals surface area contributed by atoms with Gasteiger partial charge >= 0.3 is 0 Å². The lowest BCUT2D eigenvalue weighted by Crippen LogP contribution is -2.11. The molecular formula is C21H25N5O. The van der Waals surface area contributed by atoms with Crippen LogP contribution in [0.25, 0.3) is 11.4 Å². The zero-order valence-electron chi connectivity index (χ0n) is 15.9. The van der Waals surface area contributed by atoms with E-state index in [-0.39, 0.29) is 12.0 Å². The first-order valence-corrected chi connectivity index (χ1v) is 8.98. The van der Waals surface area contributed by atoms with E-state index in [0.717, 1.165) is 11.4 Å². The smallest absolute Gasteiger partial charge is 0.225 e. The van der Waals surface area contributed by atoms with Crippen LogP contribution in [0.3, 0.4) is 0 Å². The van der Waals surface area contributed by atoms with Gasteiger partial charge < -0.3 is 15.7 Å². The highest BCUT2D eigenvalue weighted by molar-refractivity contribution is 5.65. The largest absolute Gasteiger partial charge is 0.395 e. The van der Waals surface area contributed by atoms with Crippen molar-refractivity contribution < 1.29 is 5.11 Å². The molecule has 140 valence electrons. The van der Waals surface area contributed by atoms with Gasteiger partial charge in [-0.25, -0.2) is 4.98 Å². The molecule has 0 bridgehead atoms. The minimum Gasteiger partial charge on any atom is -0.395 e. The topological polar surface area (TPSA) is 83.0 Å². The van der Waals surface area contributed by atoms with Crippen molar-refractivity contribution in [3.8, 4) is 11.4 Å². The highest BCUT2D eigenvalue weighted by atomic mass is 16.3. The Balaban J connectivity index is 1.89. The van der Waals surface area contributed by atoms with E-state index in [1.54, 1.807) is 6.20 Å². The van der Waals surface area contributed by atoms with E-state index < -0.39 is 0 Å². The van der Waals surface area contributed by atoms with Gasteiger partial charge in [0.15, 0.2) is 0 Å². The number of benzene rings is 1. The molecule has 0 aliphatic rings. The number of nitrogens with one attached hydrogen (secondary N) is 2. The van der Waals surface area contributed by atoms with Crippen molar-refractivity contribution in [2.75, 3.05) is 23.8 Å². The molecule has 0 atom stereocenters. The summed E-state index contributed by atoms with van der Waals surface area (Å²) < 4.78 is 0. The van der Waals surface area contributed by atoms with E-state index in [4.69, 9.17) is 5.11 Å². The summed E-state index contributed by atoms with van der Waals surface area (Å²) in [5.74, 6) is 1.11. The third-order valence-electron chi connectivity index (χ3n) is 4.07. The molecular weight excluding hydrogens is 338 g/mol. The van der Waals surface area contributed by atoms with Gasteiger partial charge in [0.05, 0.1) is 18.0 Å². The predicted molar refractivity (Wildman–Crippen MR) is 109 cm³/mol. The quantitative estimate of drug-likeness (QED) is 0.614. The summed E-state index contributed by atoms with van der Waals surface area (Å²) >= 11 is 0. The van der Waals surface area contributed by atoms with Crippen LogP contribution in [-0.4, -0.2) is 33.2 Å². The number of hydrogen-bond acceptors (Lipinski definition) is 6. The lowest BCUT2D eigenvalue weighted by atomic mass is 9.87. The van der Waals surface area contributed by atoms with E-state index in [0.29, 0.717) is 24.0 Å². The van der Waals surface area contributed by atoms with Crippen LogP contribution in [0.2, 0.25) is 0 Å². The van der Waals surface area contributed by atoms with Gasteiger partial charge in [-0.2, -0.15) is 4.98 Å². The molecule has 0 unspecified atom stereocenters. The Morgan fingerprint density at radius 3 is 2.37 bits per heavy atom. The molecule has 0 amide bonds. The molecule has 0 aliphatic heterocycles. The molecule has 3 aromatic rings. The zero-order valence-corrected chi connectivity index (χ0v) is 15.9. The van der Waals surface area contributed by atoms with Crippen molar-refractivity contribution in [2.24, 2.45) is 0 Å². The van der Waals surface area contributed by atoms with Crippen molar-refractivity contribution in [3.05, 3.63) is 60.3 Å². The lowest BCUT2D eigenvalue weighted by molar-refractivity contribution is 0.311. The highest BCUT2D eigenvalue weighted by Crippen LogP contribution is 2.26. The monoisotopic (exact) mass is 363 g/mol. The third-order valence-corrected chi connectivity index (χ3v) is 4.07. The maximum absolute atomic E-state index is 9.06. The predicted octanol–water partition coefficient (Wildman–Crippen LogP) is 3.98. The Bertz CT molecular complexity index is 873. The maximum Gasteiger partial charge on any atom is 0.225 e. The second kappa shape index (κ2) is 8.14. The Morgan fingerprint density at radius 2 is 1.74 bits per heavy atom. The van der Waals surface area contributed by atoms with Crippen LogP contribution < -0.4 is 10.6 Å². The minimum absolute atomic E-state index is 0.00814. The Morgan fingerprint density at radius 1 is 0.963 bits per heavy atom. The maximum atomic E-state index is 9.06. The van der Waals surface area contributed by atoms with Crippen molar-refractivity contribution in [3.63, 3.8) is 0 Å². The van der Waals surface area contributed by atoms with Gasteiger partial charge in [0.2, 0.25) is 5.95 Å². The SMILES string of the molecule is CC(C)(C)c1ccc(Nc2cc(-c3ccccn3)nc(NCCO)n2)cc1. The minimum atomic E-state index is 0.00814. The number of anilines is 3. The zero-order chi connectivity index (χ0) is 19.3. The summed E-state index contributed by atoms with van der Waals surface area (Å²) in [6.07, 6.45) is 1.73. The molecule has 0 spiro atoms. The van der Waals surface area contributed by atoms with Gasteiger partial charge in [0, 0.05) is 24.5 Å². The second-order valence-electron chi connectivity index (χ2n) is 7.28. The molecule has 0 aliphatic carbocycles. The molecule has 0 saturated heterocycles. The van der Waals surface area contributed by atoms with Crippen molar-refractivity contribution in [1.29, 1.82) is 0 Å². The molecule has 6 nitrogen and oxygen atoms in total. The van der Waals surface area contributed by atoms with E-state index >= 15 is 0 Å². The van der Waals surface area contributed by atoms with Crippen LogP contribution in [0.15, 0.2) is 54.7 Å². The Kier molecular flexibility index (Phi) is 5.66. The average Bonchev–Trinajstić information content (AvgIpc) is 2.66. The molecule has 1 aromatic carbocycles. The first kappa shape index (κ1) is 18.8.